The average Bonchev–Trinajstić information content (AvgIpc) is 3.19. The lowest BCUT2D eigenvalue weighted by Gasteiger charge is -2.31. The zero-order valence-electron chi connectivity index (χ0n) is 16.5. The fraction of sp³-hybridized carbons (Fsp3) is 0.737. The first-order chi connectivity index (χ1) is 11.5. The normalized spacial score (nSPS) is 16.8. The number of likely N-dealkylation sites (tertiary alicyclic amines) is 1. The highest BCUT2D eigenvalue weighted by Gasteiger charge is 2.23. The van der Waals surface area contributed by atoms with Crippen LogP contribution >= 0.6 is 24.0 Å². The number of rotatable bonds is 7. The van der Waals surface area contributed by atoms with E-state index in [9.17, 15) is 0 Å². The van der Waals surface area contributed by atoms with Crippen LogP contribution in [0, 0.1) is 5.92 Å². The van der Waals surface area contributed by atoms with Gasteiger partial charge in [0.1, 0.15) is 0 Å². The molecule has 0 bridgehead atoms. The molecule has 0 saturated carbocycles. The maximum atomic E-state index is 4.48. The predicted molar refractivity (Wildman–Crippen MR) is 118 cm³/mol. The Labute approximate surface area is 170 Å². The molecule has 1 atom stereocenters. The smallest absolute Gasteiger partial charge is 0.193 e. The van der Waals surface area contributed by atoms with Gasteiger partial charge in [0, 0.05) is 45.6 Å². The summed E-state index contributed by atoms with van der Waals surface area (Å²) >= 11 is 0. The van der Waals surface area contributed by atoms with Gasteiger partial charge in [-0.25, -0.2) is 0 Å². The molecule has 0 amide bonds. The molecule has 5 nitrogen and oxygen atoms in total. The number of hydrogen-bond donors (Lipinski definition) is 1. The van der Waals surface area contributed by atoms with Gasteiger partial charge in [0.05, 0.1) is 6.54 Å². The second-order valence-corrected chi connectivity index (χ2v) is 7.42. The highest BCUT2D eigenvalue weighted by atomic mass is 127. The van der Waals surface area contributed by atoms with E-state index < -0.39 is 0 Å². The number of halogens is 1. The van der Waals surface area contributed by atoms with Gasteiger partial charge >= 0.3 is 0 Å². The van der Waals surface area contributed by atoms with Crippen LogP contribution in [0.5, 0.6) is 0 Å². The van der Waals surface area contributed by atoms with Crippen molar-refractivity contribution in [2.45, 2.75) is 45.7 Å². The van der Waals surface area contributed by atoms with Gasteiger partial charge in [-0.1, -0.05) is 13.8 Å². The summed E-state index contributed by atoms with van der Waals surface area (Å²) in [4.78, 5) is 9.33. The Morgan fingerprint density at radius 2 is 2.00 bits per heavy atom. The van der Waals surface area contributed by atoms with Crippen LogP contribution < -0.4 is 5.32 Å². The van der Waals surface area contributed by atoms with E-state index in [2.05, 4.69) is 70.9 Å². The lowest BCUT2D eigenvalue weighted by atomic mass is 10.0. The molecule has 1 unspecified atom stereocenters. The molecule has 0 radical (unpaired) electrons. The summed E-state index contributed by atoms with van der Waals surface area (Å²) in [6.07, 6.45) is 6.02. The van der Waals surface area contributed by atoms with Crippen molar-refractivity contribution in [2.24, 2.45) is 18.0 Å². The van der Waals surface area contributed by atoms with Crippen LogP contribution in [-0.4, -0.2) is 60.1 Å². The molecule has 1 aliphatic heterocycles. The minimum atomic E-state index is 0. The molecule has 2 heterocycles. The summed E-state index contributed by atoms with van der Waals surface area (Å²) in [7, 11) is 6.07. The number of aryl methyl sites for hydroxylation is 1. The molecule has 1 aromatic rings. The lowest BCUT2D eigenvalue weighted by Crippen LogP contribution is -2.47. The minimum absolute atomic E-state index is 0. The molecule has 0 spiro atoms. The van der Waals surface area contributed by atoms with Gasteiger partial charge in [-0.05, 0) is 50.4 Å². The Morgan fingerprint density at radius 1 is 1.32 bits per heavy atom. The third-order valence-corrected chi connectivity index (χ3v) is 4.92. The second kappa shape index (κ2) is 11.1. The molecule has 1 saturated heterocycles. The van der Waals surface area contributed by atoms with E-state index >= 15 is 0 Å². The Balaban J connectivity index is 0.00000312. The minimum Gasteiger partial charge on any atom is -0.355 e. The Hall–Kier alpha value is -0.760. The van der Waals surface area contributed by atoms with Gasteiger partial charge in [0.2, 0.25) is 0 Å². The Morgan fingerprint density at radius 3 is 2.52 bits per heavy atom. The van der Waals surface area contributed by atoms with Crippen molar-refractivity contribution < 1.29 is 0 Å². The summed E-state index contributed by atoms with van der Waals surface area (Å²) in [5.41, 5.74) is 1.29. The number of aliphatic imine (C=N–C) groups is 1. The first kappa shape index (κ1) is 22.3. The van der Waals surface area contributed by atoms with Crippen molar-refractivity contribution in [3.05, 3.63) is 24.0 Å². The second-order valence-electron chi connectivity index (χ2n) is 7.42. The number of nitrogens with zero attached hydrogens (tertiary/aromatic N) is 4. The molecular formula is C19H36IN5. The van der Waals surface area contributed by atoms with Crippen LogP contribution in [0.1, 0.15) is 38.8 Å². The van der Waals surface area contributed by atoms with Crippen molar-refractivity contribution in [1.29, 1.82) is 0 Å². The Bertz CT molecular complexity index is 520. The first-order valence-corrected chi connectivity index (χ1v) is 9.27. The van der Waals surface area contributed by atoms with Crippen LogP contribution in [0.2, 0.25) is 0 Å². The maximum Gasteiger partial charge on any atom is 0.193 e. The van der Waals surface area contributed by atoms with E-state index in [0.29, 0.717) is 6.04 Å². The highest BCUT2D eigenvalue weighted by molar-refractivity contribution is 14.0. The highest BCUT2D eigenvalue weighted by Crippen LogP contribution is 2.17. The fourth-order valence-electron chi connectivity index (χ4n) is 3.58. The van der Waals surface area contributed by atoms with Crippen LogP contribution in [0.3, 0.4) is 0 Å². The van der Waals surface area contributed by atoms with Gasteiger partial charge < -0.3 is 14.8 Å². The standard InChI is InChI=1S/C19H35N5.HI/c1-16(2)13-18(24-11-6-7-12-24)14-21-19(20-3)23(5)15-17-9-8-10-22(17)4;/h8-10,16,18H,6-7,11-15H2,1-5H3,(H,20,21);1H. The Kier molecular flexibility index (Phi) is 9.86. The van der Waals surface area contributed by atoms with Gasteiger partial charge in [0.25, 0.3) is 0 Å². The molecule has 0 aliphatic carbocycles. The summed E-state index contributed by atoms with van der Waals surface area (Å²) in [5.74, 6) is 1.70. The zero-order chi connectivity index (χ0) is 17.5. The topological polar surface area (TPSA) is 35.8 Å². The molecule has 1 fully saturated rings. The monoisotopic (exact) mass is 461 g/mol. The average molecular weight is 461 g/mol. The fourth-order valence-corrected chi connectivity index (χ4v) is 3.58. The molecule has 25 heavy (non-hydrogen) atoms. The summed E-state index contributed by atoms with van der Waals surface area (Å²) < 4.78 is 2.16. The van der Waals surface area contributed by atoms with Crippen molar-refractivity contribution in [3.63, 3.8) is 0 Å². The van der Waals surface area contributed by atoms with Crippen molar-refractivity contribution in [2.75, 3.05) is 33.7 Å². The van der Waals surface area contributed by atoms with Crippen molar-refractivity contribution >= 4 is 29.9 Å². The predicted octanol–water partition coefficient (Wildman–Crippen LogP) is 3.16. The summed E-state index contributed by atoms with van der Waals surface area (Å²) in [5, 5.41) is 3.61. The molecule has 2 rings (SSSR count). The third kappa shape index (κ3) is 6.81. The van der Waals surface area contributed by atoms with E-state index in [0.717, 1.165) is 25.0 Å². The molecule has 1 aliphatic rings. The molecule has 144 valence electrons. The number of hydrogen-bond acceptors (Lipinski definition) is 2. The number of guanidine groups is 1. The maximum absolute atomic E-state index is 4.48. The number of nitrogens with one attached hydrogen (secondary N) is 1. The largest absolute Gasteiger partial charge is 0.355 e. The number of aromatic nitrogens is 1. The summed E-state index contributed by atoms with van der Waals surface area (Å²) in [6.45, 7) is 8.97. The SMILES string of the molecule is CN=C(NCC(CC(C)C)N1CCCC1)N(C)Cc1cccn1C.I. The van der Waals surface area contributed by atoms with E-state index in [1.165, 1.54) is 38.0 Å². The lowest BCUT2D eigenvalue weighted by molar-refractivity contribution is 0.211. The van der Waals surface area contributed by atoms with Crippen LogP contribution in [-0.2, 0) is 13.6 Å². The third-order valence-electron chi connectivity index (χ3n) is 4.92. The van der Waals surface area contributed by atoms with E-state index in [1.54, 1.807) is 0 Å². The van der Waals surface area contributed by atoms with Crippen molar-refractivity contribution in [3.8, 4) is 0 Å². The quantitative estimate of drug-likeness (QED) is 0.385. The van der Waals surface area contributed by atoms with E-state index in [-0.39, 0.29) is 24.0 Å². The molecule has 0 aromatic carbocycles. The first-order valence-electron chi connectivity index (χ1n) is 9.27. The van der Waals surface area contributed by atoms with Crippen LogP contribution in [0.4, 0.5) is 0 Å². The molecule has 6 heteroatoms. The summed E-state index contributed by atoms with van der Waals surface area (Å²) in [6, 6.07) is 4.86. The molecular weight excluding hydrogens is 425 g/mol. The van der Waals surface area contributed by atoms with Gasteiger partial charge in [-0.15, -0.1) is 24.0 Å². The van der Waals surface area contributed by atoms with Gasteiger partial charge in [0.15, 0.2) is 5.96 Å². The van der Waals surface area contributed by atoms with Gasteiger partial charge in [-0.3, -0.25) is 9.89 Å². The van der Waals surface area contributed by atoms with Crippen LogP contribution in [0.15, 0.2) is 23.3 Å². The molecule has 1 N–H and O–H groups in total. The van der Waals surface area contributed by atoms with Crippen LogP contribution in [0.25, 0.3) is 0 Å². The van der Waals surface area contributed by atoms with Crippen molar-refractivity contribution in [1.82, 2.24) is 19.7 Å². The molecule has 1 aromatic heterocycles. The zero-order valence-corrected chi connectivity index (χ0v) is 18.9. The van der Waals surface area contributed by atoms with E-state index in [1.807, 2.05) is 7.05 Å². The van der Waals surface area contributed by atoms with E-state index in [4.69, 9.17) is 0 Å². The van der Waals surface area contributed by atoms with Gasteiger partial charge in [-0.2, -0.15) is 0 Å².